The van der Waals surface area contributed by atoms with Crippen LogP contribution in [0.1, 0.15) is 36.0 Å². The highest BCUT2D eigenvalue weighted by molar-refractivity contribution is 5.26. The van der Waals surface area contributed by atoms with Gasteiger partial charge in [0.2, 0.25) is 0 Å². The van der Waals surface area contributed by atoms with E-state index in [0.29, 0.717) is 5.92 Å². The van der Waals surface area contributed by atoms with Crippen LogP contribution in [0.2, 0.25) is 0 Å². The van der Waals surface area contributed by atoms with Gasteiger partial charge in [0, 0.05) is 32.1 Å². The van der Waals surface area contributed by atoms with Gasteiger partial charge in [0.25, 0.3) is 0 Å². The highest BCUT2D eigenvalue weighted by Crippen LogP contribution is 2.18. The van der Waals surface area contributed by atoms with Gasteiger partial charge in [-0.05, 0) is 84.5 Å². The lowest BCUT2D eigenvalue weighted by Crippen LogP contribution is -2.34. The van der Waals surface area contributed by atoms with E-state index >= 15 is 0 Å². The van der Waals surface area contributed by atoms with Gasteiger partial charge in [-0.2, -0.15) is 0 Å². The third kappa shape index (κ3) is 8.93. The van der Waals surface area contributed by atoms with Gasteiger partial charge in [-0.15, -0.1) is 0 Å². The minimum Gasteiger partial charge on any atom is -0.493 e. The lowest BCUT2D eigenvalue weighted by atomic mass is 10.00. The van der Waals surface area contributed by atoms with Crippen molar-refractivity contribution in [3.05, 3.63) is 65.2 Å². The second-order valence-electron chi connectivity index (χ2n) is 9.81. The summed E-state index contributed by atoms with van der Waals surface area (Å²) in [5.41, 5.74) is 4.07. The van der Waals surface area contributed by atoms with Gasteiger partial charge in [-0.3, -0.25) is 4.90 Å². The number of benzene rings is 2. The lowest BCUT2D eigenvalue weighted by Gasteiger charge is -2.29. The van der Waals surface area contributed by atoms with Gasteiger partial charge in [0.1, 0.15) is 5.75 Å². The zero-order chi connectivity index (χ0) is 22.8. The van der Waals surface area contributed by atoms with E-state index in [2.05, 4.69) is 91.2 Å². The molecule has 32 heavy (non-hydrogen) atoms. The predicted octanol–water partition coefficient (Wildman–Crippen LogP) is 4.85. The summed E-state index contributed by atoms with van der Waals surface area (Å²) in [6, 6.07) is 17.2. The van der Waals surface area contributed by atoms with Gasteiger partial charge in [-0.25, -0.2) is 0 Å². The summed E-state index contributed by atoms with van der Waals surface area (Å²) in [6.45, 7) is 13.5. The first kappa shape index (κ1) is 24.8. The van der Waals surface area contributed by atoms with E-state index in [1.807, 2.05) is 0 Å². The van der Waals surface area contributed by atoms with E-state index in [9.17, 15) is 0 Å². The van der Waals surface area contributed by atoms with Crippen molar-refractivity contribution in [2.75, 3.05) is 60.0 Å². The van der Waals surface area contributed by atoms with E-state index in [-0.39, 0.29) is 0 Å². The van der Waals surface area contributed by atoms with E-state index in [4.69, 9.17) is 4.74 Å². The molecule has 0 aromatic heterocycles. The number of likely N-dealkylation sites (tertiary alicyclic amines) is 1. The average molecular weight is 438 g/mol. The predicted molar refractivity (Wildman–Crippen MR) is 135 cm³/mol. The Bertz CT molecular complexity index is 774. The number of hydrogen-bond donors (Lipinski definition) is 0. The molecule has 176 valence electrons. The molecule has 0 spiro atoms. The molecule has 0 N–H and O–H groups in total. The molecule has 1 atom stereocenters. The fourth-order valence-electron chi connectivity index (χ4n) is 4.47. The first-order chi connectivity index (χ1) is 15.5. The topological polar surface area (TPSA) is 19.0 Å². The monoisotopic (exact) mass is 437 g/mol. The molecule has 1 unspecified atom stereocenters. The molecule has 2 aromatic rings. The van der Waals surface area contributed by atoms with Crippen LogP contribution < -0.4 is 4.74 Å². The van der Waals surface area contributed by atoms with Crippen LogP contribution in [0.25, 0.3) is 0 Å². The van der Waals surface area contributed by atoms with Crippen molar-refractivity contribution < 1.29 is 4.74 Å². The molecular weight excluding hydrogens is 394 g/mol. The molecule has 4 heteroatoms. The summed E-state index contributed by atoms with van der Waals surface area (Å²) in [4.78, 5) is 7.38. The smallest absolute Gasteiger partial charge is 0.119 e. The molecule has 0 amide bonds. The lowest BCUT2D eigenvalue weighted by molar-refractivity contribution is 0.150. The molecule has 2 fully saturated rings. The Morgan fingerprint density at radius 2 is 1.41 bits per heavy atom. The van der Waals surface area contributed by atoms with Gasteiger partial charge in [0.05, 0.1) is 6.61 Å². The number of piperidine rings is 1. The molecule has 2 aromatic carbocycles. The minimum absolute atomic E-state index is 0.694. The summed E-state index contributed by atoms with van der Waals surface area (Å²) >= 11 is 0. The maximum atomic E-state index is 5.82. The van der Waals surface area contributed by atoms with Gasteiger partial charge < -0.3 is 14.5 Å². The molecule has 0 radical (unpaired) electrons. The van der Waals surface area contributed by atoms with Crippen LogP contribution in [-0.4, -0.2) is 74.7 Å². The molecule has 2 heterocycles. The minimum atomic E-state index is 0.694. The fourth-order valence-corrected chi connectivity index (χ4v) is 4.47. The van der Waals surface area contributed by atoms with Crippen molar-refractivity contribution in [1.29, 1.82) is 0 Å². The van der Waals surface area contributed by atoms with Crippen molar-refractivity contribution >= 4 is 0 Å². The van der Waals surface area contributed by atoms with E-state index in [1.165, 1.54) is 75.2 Å². The Morgan fingerprint density at radius 1 is 0.750 bits per heavy atom. The first-order valence-electron chi connectivity index (χ1n) is 12.3. The molecule has 0 aliphatic carbocycles. The van der Waals surface area contributed by atoms with E-state index in [1.54, 1.807) is 0 Å². The largest absolute Gasteiger partial charge is 0.493 e. The van der Waals surface area contributed by atoms with Crippen LogP contribution in [0.15, 0.2) is 48.5 Å². The summed E-state index contributed by atoms with van der Waals surface area (Å²) in [6.07, 6.45) is 3.90. The molecule has 2 saturated heterocycles. The van der Waals surface area contributed by atoms with Crippen LogP contribution in [0.4, 0.5) is 0 Å². The fraction of sp³-hybridized carbons (Fsp3) is 0.571. The second kappa shape index (κ2) is 13.0. The summed E-state index contributed by atoms with van der Waals surface area (Å²) in [5.74, 6) is 1.69. The molecule has 2 aliphatic rings. The standard InChI is InChI=1S/C14H22N2.C14H21NO/c1-13-4-6-14(7-5-13)12-16-9-3-8-15(2)10-11-16;1-12-5-7-14(8-6-12)16-11-13-4-3-9-15(2)10-13/h4-7H,3,8-12H2,1-2H3;5-8,13H,3-4,9-11H2,1-2H3. The average Bonchev–Trinajstić information content (AvgIpc) is 2.99. The third-order valence-corrected chi connectivity index (χ3v) is 6.57. The molecular formula is C28H43N3O. The Morgan fingerprint density at radius 3 is 2.09 bits per heavy atom. The number of nitrogens with zero attached hydrogens (tertiary/aromatic N) is 3. The van der Waals surface area contributed by atoms with Crippen LogP contribution in [0.3, 0.4) is 0 Å². The van der Waals surface area contributed by atoms with Gasteiger partial charge >= 0.3 is 0 Å². The molecule has 0 bridgehead atoms. The number of rotatable bonds is 5. The quantitative estimate of drug-likeness (QED) is 0.666. The molecule has 2 aliphatic heterocycles. The number of aryl methyl sites for hydroxylation is 2. The number of ether oxygens (including phenoxy) is 1. The SMILES string of the molecule is Cc1ccc(CN2CCCN(C)CC2)cc1.Cc1ccc(OCC2CCCN(C)C2)cc1. The zero-order valence-corrected chi connectivity index (χ0v) is 20.7. The first-order valence-corrected chi connectivity index (χ1v) is 12.3. The van der Waals surface area contributed by atoms with E-state index < -0.39 is 0 Å². The normalized spacial score (nSPS) is 20.8. The highest BCUT2D eigenvalue weighted by atomic mass is 16.5. The Labute approximate surface area is 196 Å². The maximum absolute atomic E-state index is 5.82. The zero-order valence-electron chi connectivity index (χ0n) is 20.7. The van der Waals surface area contributed by atoms with Crippen LogP contribution in [-0.2, 0) is 6.54 Å². The van der Waals surface area contributed by atoms with Crippen LogP contribution in [0, 0.1) is 19.8 Å². The molecule has 0 saturated carbocycles. The van der Waals surface area contributed by atoms with Crippen molar-refractivity contribution in [2.45, 2.75) is 39.7 Å². The third-order valence-electron chi connectivity index (χ3n) is 6.57. The van der Waals surface area contributed by atoms with Crippen molar-refractivity contribution in [3.8, 4) is 5.75 Å². The van der Waals surface area contributed by atoms with Crippen molar-refractivity contribution in [2.24, 2.45) is 5.92 Å². The maximum Gasteiger partial charge on any atom is 0.119 e. The van der Waals surface area contributed by atoms with Crippen molar-refractivity contribution in [1.82, 2.24) is 14.7 Å². The van der Waals surface area contributed by atoms with Crippen molar-refractivity contribution in [3.63, 3.8) is 0 Å². The van der Waals surface area contributed by atoms with Crippen LogP contribution in [0.5, 0.6) is 5.75 Å². The van der Waals surface area contributed by atoms with Gasteiger partial charge in [0.15, 0.2) is 0 Å². The van der Waals surface area contributed by atoms with Crippen LogP contribution >= 0.6 is 0 Å². The van der Waals surface area contributed by atoms with Gasteiger partial charge in [-0.1, -0.05) is 47.5 Å². The Hall–Kier alpha value is -1.88. The number of hydrogen-bond acceptors (Lipinski definition) is 4. The highest BCUT2D eigenvalue weighted by Gasteiger charge is 2.17. The molecule has 4 nitrogen and oxygen atoms in total. The second-order valence-corrected chi connectivity index (χ2v) is 9.81. The summed E-state index contributed by atoms with van der Waals surface area (Å²) in [7, 11) is 4.41. The summed E-state index contributed by atoms with van der Waals surface area (Å²) in [5, 5.41) is 0. The van der Waals surface area contributed by atoms with E-state index in [0.717, 1.165) is 18.9 Å². The Kier molecular flexibility index (Phi) is 10.0. The summed E-state index contributed by atoms with van der Waals surface area (Å²) < 4.78 is 5.82. The molecule has 4 rings (SSSR count). The number of likely N-dealkylation sites (N-methyl/N-ethyl adjacent to an activating group) is 1. The Balaban J connectivity index is 0.000000181.